The topological polar surface area (TPSA) is 46.2 Å². The van der Waals surface area contributed by atoms with E-state index >= 15 is 0 Å². The van der Waals surface area contributed by atoms with E-state index in [0.29, 0.717) is 5.69 Å². The quantitative estimate of drug-likeness (QED) is 0.732. The highest BCUT2D eigenvalue weighted by atomic mass is 16.3. The van der Waals surface area contributed by atoms with E-state index < -0.39 is 0 Å². The van der Waals surface area contributed by atoms with Crippen LogP contribution in [0.15, 0.2) is 30.3 Å². The molecular formula is C15H17NO. The normalized spacial score (nSPS) is 10.5. The van der Waals surface area contributed by atoms with Gasteiger partial charge in [0.25, 0.3) is 0 Å². The molecule has 0 bridgehead atoms. The summed E-state index contributed by atoms with van der Waals surface area (Å²) in [5.41, 5.74) is 11.8. The maximum atomic E-state index is 9.95. The molecule has 0 saturated heterocycles. The number of hydrogen-bond donors (Lipinski definition) is 2. The zero-order valence-electron chi connectivity index (χ0n) is 10.4. The first kappa shape index (κ1) is 11.5. The Labute approximate surface area is 102 Å². The van der Waals surface area contributed by atoms with E-state index in [1.54, 1.807) is 6.07 Å². The summed E-state index contributed by atoms with van der Waals surface area (Å²) in [5.74, 6) is 0.233. The van der Waals surface area contributed by atoms with Crippen molar-refractivity contribution in [3.63, 3.8) is 0 Å². The number of hydrogen-bond acceptors (Lipinski definition) is 2. The van der Waals surface area contributed by atoms with Crippen molar-refractivity contribution in [3.8, 4) is 16.9 Å². The maximum Gasteiger partial charge on any atom is 0.125 e. The minimum Gasteiger partial charge on any atom is -0.507 e. The molecule has 0 aromatic heterocycles. The molecule has 0 radical (unpaired) electrons. The highest BCUT2D eigenvalue weighted by Gasteiger charge is 2.09. The van der Waals surface area contributed by atoms with Gasteiger partial charge < -0.3 is 10.8 Å². The van der Waals surface area contributed by atoms with Gasteiger partial charge in [-0.25, -0.2) is 0 Å². The standard InChI is InChI=1S/C15H17NO/c1-9-4-6-13(11(3)10(9)2)14-7-5-12(16)8-15(14)17/h4-8,17H,16H2,1-3H3. The lowest BCUT2D eigenvalue weighted by molar-refractivity contribution is 0.477. The van der Waals surface area contributed by atoms with Crippen molar-refractivity contribution in [2.75, 3.05) is 5.73 Å². The largest absolute Gasteiger partial charge is 0.507 e. The number of nitrogens with two attached hydrogens (primary N) is 1. The number of aryl methyl sites for hydroxylation is 1. The molecule has 0 unspecified atom stereocenters. The fourth-order valence-corrected chi connectivity index (χ4v) is 2.02. The zero-order chi connectivity index (χ0) is 12.6. The van der Waals surface area contributed by atoms with Crippen molar-refractivity contribution in [1.82, 2.24) is 0 Å². The first-order valence-electron chi connectivity index (χ1n) is 5.66. The van der Waals surface area contributed by atoms with Crippen LogP contribution in [0.2, 0.25) is 0 Å². The van der Waals surface area contributed by atoms with Crippen LogP contribution in [0.1, 0.15) is 16.7 Å². The summed E-state index contributed by atoms with van der Waals surface area (Å²) in [7, 11) is 0. The number of rotatable bonds is 1. The smallest absolute Gasteiger partial charge is 0.125 e. The SMILES string of the molecule is Cc1ccc(-c2ccc(N)cc2O)c(C)c1C. The van der Waals surface area contributed by atoms with Gasteiger partial charge in [0.05, 0.1) is 0 Å². The fraction of sp³-hybridized carbons (Fsp3) is 0.200. The Bertz CT molecular complexity index is 573. The lowest BCUT2D eigenvalue weighted by Crippen LogP contribution is -1.92. The Kier molecular flexibility index (Phi) is 2.80. The molecule has 0 amide bonds. The van der Waals surface area contributed by atoms with Crippen molar-refractivity contribution in [2.24, 2.45) is 0 Å². The highest BCUT2D eigenvalue weighted by molar-refractivity contribution is 5.76. The summed E-state index contributed by atoms with van der Waals surface area (Å²) in [4.78, 5) is 0. The van der Waals surface area contributed by atoms with Gasteiger partial charge in [0.2, 0.25) is 0 Å². The van der Waals surface area contributed by atoms with E-state index in [2.05, 4.69) is 26.8 Å². The minimum atomic E-state index is 0.233. The predicted molar refractivity (Wildman–Crippen MR) is 72.2 cm³/mol. The van der Waals surface area contributed by atoms with Crippen molar-refractivity contribution in [2.45, 2.75) is 20.8 Å². The molecule has 0 aliphatic rings. The van der Waals surface area contributed by atoms with Gasteiger partial charge in [0, 0.05) is 17.3 Å². The van der Waals surface area contributed by atoms with Crippen LogP contribution in [-0.4, -0.2) is 5.11 Å². The molecule has 0 spiro atoms. The Morgan fingerprint density at radius 2 is 1.53 bits per heavy atom. The first-order chi connectivity index (χ1) is 8.00. The minimum absolute atomic E-state index is 0.233. The van der Waals surface area contributed by atoms with E-state index in [-0.39, 0.29) is 5.75 Å². The highest BCUT2D eigenvalue weighted by Crippen LogP contribution is 2.34. The number of benzene rings is 2. The third kappa shape index (κ3) is 1.98. The number of aromatic hydroxyl groups is 1. The van der Waals surface area contributed by atoms with Crippen LogP contribution in [0.3, 0.4) is 0 Å². The maximum absolute atomic E-state index is 9.95. The molecule has 2 rings (SSSR count). The second kappa shape index (κ2) is 4.13. The molecule has 2 heteroatoms. The van der Waals surface area contributed by atoms with E-state index in [9.17, 15) is 5.11 Å². The molecule has 0 aliphatic heterocycles. The van der Waals surface area contributed by atoms with Gasteiger partial charge in [-0.1, -0.05) is 12.1 Å². The summed E-state index contributed by atoms with van der Waals surface area (Å²) in [6.07, 6.45) is 0. The predicted octanol–water partition coefficient (Wildman–Crippen LogP) is 3.57. The van der Waals surface area contributed by atoms with E-state index in [4.69, 9.17) is 5.73 Å². The van der Waals surface area contributed by atoms with Crippen molar-refractivity contribution in [3.05, 3.63) is 47.0 Å². The van der Waals surface area contributed by atoms with Crippen molar-refractivity contribution < 1.29 is 5.11 Å². The molecule has 17 heavy (non-hydrogen) atoms. The summed E-state index contributed by atoms with van der Waals surface area (Å²) in [6, 6.07) is 9.38. The van der Waals surface area contributed by atoms with Gasteiger partial charge in [-0.15, -0.1) is 0 Å². The molecule has 0 heterocycles. The van der Waals surface area contributed by atoms with Crippen LogP contribution < -0.4 is 5.73 Å². The third-order valence-corrected chi connectivity index (χ3v) is 3.37. The fourth-order valence-electron chi connectivity index (χ4n) is 2.02. The van der Waals surface area contributed by atoms with Crippen molar-refractivity contribution >= 4 is 5.69 Å². The van der Waals surface area contributed by atoms with Gasteiger partial charge in [0.1, 0.15) is 5.75 Å². The number of phenols is 1. The molecule has 2 nitrogen and oxygen atoms in total. The second-order valence-corrected chi connectivity index (χ2v) is 4.46. The van der Waals surface area contributed by atoms with Gasteiger partial charge in [0.15, 0.2) is 0 Å². The Hall–Kier alpha value is -1.96. The summed E-state index contributed by atoms with van der Waals surface area (Å²) in [5, 5.41) is 9.95. The number of nitrogen functional groups attached to an aromatic ring is 1. The Balaban J connectivity index is 2.65. The second-order valence-electron chi connectivity index (χ2n) is 4.46. The van der Waals surface area contributed by atoms with Gasteiger partial charge in [-0.05, 0) is 55.2 Å². The molecule has 0 aliphatic carbocycles. The molecule has 0 saturated carbocycles. The monoisotopic (exact) mass is 227 g/mol. The van der Waals surface area contributed by atoms with Crippen LogP contribution in [0, 0.1) is 20.8 Å². The van der Waals surface area contributed by atoms with Crippen LogP contribution in [0.5, 0.6) is 5.75 Å². The third-order valence-electron chi connectivity index (χ3n) is 3.37. The Morgan fingerprint density at radius 3 is 2.18 bits per heavy atom. The molecule has 3 N–H and O–H groups in total. The lowest BCUT2D eigenvalue weighted by atomic mass is 9.93. The number of anilines is 1. The molecule has 2 aromatic carbocycles. The first-order valence-corrected chi connectivity index (χ1v) is 5.66. The van der Waals surface area contributed by atoms with Crippen LogP contribution >= 0.6 is 0 Å². The molecule has 0 atom stereocenters. The zero-order valence-corrected chi connectivity index (χ0v) is 10.4. The summed E-state index contributed by atoms with van der Waals surface area (Å²) >= 11 is 0. The summed E-state index contributed by atoms with van der Waals surface area (Å²) < 4.78 is 0. The molecule has 88 valence electrons. The van der Waals surface area contributed by atoms with E-state index in [0.717, 1.165) is 11.1 Å². The average Bonchev–Trinajstić information content (AvgIpc) is 2.28. The van der Waals surface area contributed by atoms with E-state index in [1.165, 1.54) is 16.7 Å². The van der Waals surface area contributed by atoms with E-state index in [1.807, 2.05) is 18.2 Å². The number of phenolic OH excluding ortho intramolecular Hbond substituents is 1. The van der Waals surface area contributed by atoms with Crippen molar-refractivity contribution in [1.29, 1.82) is 0 Å². The van der Waals surface area contributed by atoms with Gasteiger partial charge >= 0.3 is 0 Å². The van der Waals surface area contributed by atoms with Crippen LogP contribution in [0.25, 0.3) is 11.1 Å². The molecule has 0 fully saturated rings. The summed E-state index contributed by atoms with van der Waals surface area (Å²) in [6.45, 7) is 6.27. The van der Waals surface area contributed by atoms with Gasteiger partial charge in [-0.2, -0.15) is 0 Å². The lowest BCUT2D eigenvalue weighted by Gasteiger charge is -2.13. The average molecular weight is 227 g/mol. The van der Waals surface area contributed by atoms with Gasteiger partial charge in [-0.3, -0.25) is 0 Å². The van der Waals surface area contributed by atoms with Crippen LogP contribution in [-0.2, 0) is 0 Å². The molecular weight excluding hydrogens is 210 g/mol. The van der Waals surface area contributed by atoms with Crippen LogP contribution in [0.4, 0.5) is 5.69 Å². The Morgan fingerprint density at radius 1 is 0.882 bits per heavy atom. The molecule has 2 aromatic rings.